The zero-order chi connectivity index (χ0) is 19.1. The fraction of sp³-hybridized carbons (Fsp3) is 0.524. The molecule has 154 valence electrons. The van der Waals surface area contributed by atoms with E-state index in [0.29, 0.717) is 12.1 Å². The van der Waals surface area contributed by atoms with Crippen LogP contribution >= 0.6 is 35.3 Å². The number of benzene rings is 1. The molecular formula is C21H32IN5S. The lowest BCUT2D eigenvalue weighted by atomic mass is 10.0. The van der Waals surface area contributed by atoms with E-state index in [-0.39, 0.29) is 24.0 Å². The minimum absolute atomic E-state index is 0. The van der Waals surface area contributed by atoms with Crippen molar-refractivity contribution in [2.75, 3.05) is 20.1 Å². The van der Waals surface area contributed by atoms with Gasteiger partial charge >= 0.3 is 0 Å². The Bertz CT molecular complexity index is 725. The Kier molecular flexibility index (Phi) is 9.67. The summed E-state index contributed by atoms with van der Waals surface area (Å²) in [7, 11) is 1.83. The molecule has 1 aromatic heterocycles. The van der Waals surface area contributed by atoms with Crippen molar-refractivity contribution in [2.45, 2.75) is 51.7 Å². The summed E-state index contributed by atoms with van der Waals surface area (Å²) in [5.74, 6) is 0.873. The first-order valence-electron chi connectivity index (χ1n) is 9.89. The van der Waals surface area contributed by atoms with Crippen molar-refractivity contribution in [3.8, 4) is 0 Å². The highest BCUT2D eigenvalue weighted by Crippen LogP contribution is 2.24. The molecule has 0 spiro atoms. The van der Waals surface area contributed by atoms with E-state index >= 15 is 0 Å². The van der Waals surface area contributed by atoms with Crippen LogP contribution in [0.3, 0.4) is 0 Å². The quantitative estimate of drug-likeness (QED) is 0.345. The van der Waals surface area contributed by atoms with E-state index in [1.54, 1.807) is 11.3 Å². The van der Waals surface area contributed by atoms with Crippen LogP contribution in [-0.2, 0) is 13.0 Å². The number of nitrogens with one attached hydrogen (secondary N) is 2. The zero-order valence-corrected chi connectivity index (χ0v) is 20.2. The number of guanidine groups is 1. The van der Waals surface area contributed by atoms with Crippen LogP contribution in [0.5, 0.6) is 0 Å². The lowest BCUT2D eigenvalue weighted by Gasteiger charge is -2.37. The molecule has 1 aliphatic rings. The number of likely N-dealkylation sites (tertiary alicyclic amines) is 1. The molecule has 1 atom stereocenters. The van der Waals surface area contributed by atoms with Crippen molar-refractivity contribution >= 4 is 41.3 Å². The molecule has 1 unspecified atom stereocenters. The molecule has 0 radical (unpaired) electrons. The maximum atomic E-state index is 4.46. The van der Waals surface area contributed by atoms with Gasteiger partial charge < -0.3 is 10.6 Å². The topological polar surface area (TPSA) is 52.6 Å². The Morgan fingerprint density at radius 3 is 2.61 bits per heavy atom. The van der Waals surface area contributed by atoms with Crippen molar-refractivity contribution in [3.63, 3.8) is 0 Å². The number of aromatic nitrogens is 1. The molecule has 3 rings (SSSR count). The summed E-state index contributed by atoms with van der Waals surface area (Å²) in [5, 5.41) is 8.10. The summed E-state index contributed by atoms with van der Waals surface area (Å²) in [5.41, 5.74) is 1.40. The van der Waals surface area contributed by atoms with Crippen LogP contribution in [-0.4, -0.2) is 42.0 Å². The summed E-state index contributed by atoms with van der Waals surface area (Å²) >= 11 is 1.77. The molecular weight excluding hydrogens is 481 g/mol. The van der Waals surface area contributed by atoms with E-state index in [1.165, 1.54) is 10.4 Å². The summed E-state index contributed by atoms with van der Waals surface area (Å²) in [6.45, 7) is 7.42. The summed E-state index contributed by atoms with van der Waals surface area (Å²) in [6.07, 6.45) is 5.29. The van der Waals surface area contributed by atoms with Crippen molar-refractivity contribution < 1.29 is 0 Å². The Hall–Kier alpha value is -1.19. The molecule has 1 aliphatic heterocycles. The predicted molar refractivity (Wildman–Crippen MR) is 130 cm³/mol. The molecule has 0 aliphatic carbocycles. The summed E-state index contributed by atoms with van der Waals surface area (Å²) in [4.78, 5) is 12.8. The Labute approximate surface area is 190 Å². The van der Waals surface area contributed by atoms with E-state index in [4.69, 9.17) is 0 Å². The Morgan fingerprint density at radius 2 is 2.00 bits per heavy atom. The van der Waals surface area contributed by atoms with Crippen LogP contribution in [0.1, 0.15) is 48.2 Å². The number of rotatable bonds is 6. The Balaban J connectivity index is 0.00000280. The van der Waals surface area contributed by atoms with Gasteiger partial charge in [0.1, 0.15) is 5.01 Å². The number of nitrogens with zero attached hydrogens (tertiary/aromatic N) is 3. The zero-order valence-electron chi connectivity index (χ0n) is 17.0. The van der Waals surface area contributed by atoms with Gasteiger partial charge in [-0.3, -0.25) is 9.89 Å². The standard InChI is InChI=1S/C21H31N5S.HI/c1-4-19-14-23-20(27-19)15-24-21(22-3)25-18-10-12-26(13-11-18)16(2)17-8-6-5-7-9-17;/h5-9,14,16,18H,4,10-13,15H2,1-3H3,(H2,22,24,25);1H. The number of aliphatic imine (C=N–C) groups is 1. The van der Waals surface area contributed by atoms with Gasteiger partial charge in [-0.15, -0.1) is 35.3 Å². The average molecular weight is 513 g/mol. The van der Waals surface area contributed by atoms with Gasteiger partial charge in [0, 0.05) is 43.3 Å². The smallest absolute Gasteiger partial charge is 0.191 e. The number of hydrogen-bond donors (Lipinski definition) is 2. The molecule has 1 fully saturated rings. The van der Waals surface area contributed by atoms with Gasteiger partial charge in [0.2, 0.25) is 0 Å². The van der Waals surface area contributed by atoms with Gasteiger partial charge in [-0.1, -0.05) is 37.3 Å². The second-order valence-electron chi connectivity index (χ2n) is 7.04. The van der Waals surface area contributed by atoms with E-state index in [1.807, 2.05) is 13.2 Å². The van der Waals surface area contributed by atoms with Gasteiger partial charge in [0.15, 0.2) is 5.96 Å². The van der Waals surface area contributed by atoms with Crippen LogP contribution < -0.4 is 10.6 Å². The fourth-order valence-electron chi connectivity index (χ4n) is 3.51. The first-order chi connectivity index (χ1) is 13.2. The molecule has 2 N–H and O–H groups in total. The highest BCUT2D eigenvalue weighted by atomic mass is 127. The maximum absolute atomic E-state index is 4.46. The molecule has 2 aromatic rings. The van der Waals surface area contributed by atoms with Crippen molar-refractivity contribution in [2.24, 2.45) is 4.99 Å². The number of hydrogen-bond acceptors (Lipinski definition) is 4. The lowest BCUT2D eigenvalue weighted by Crippen LogP contribution is -2.48. The minimum Gasteiger partial charge on any atom is -0.354 e. The maximum Gasteiger partial charge on any atom is 0.191 e. The summed E-state index contributed by atoms with van der Waals surface area (Å²) in [6, 6.07) is 11.7. The number of aryl methyl sites for hydroxylation is 1. The molecule has 28 heavy (non-hydrogen) atoms. The van der Waals surface area contributed by atoms with Crippen molar-refractivity contribution in [1.29, 1.82) is 0 Å². The summed E-state index contributed by atoms with van der Waals surface area (Å²) < 4.78 is 0. The van der Waals surface area contributed by atoms with Crippen LogP contribution in [0, 0.1) is 0 Å². The minimum atomic E-state index is 0. The number of halogens is 1. The van der Waals surface area contributed by atoms with Crippen LogP contribution in [0.25, 0.3) is 0 Å². The van der Waals surface area contributed by atoms with E-state index in [9.17, 15) is 0 Å². The molecule has 1 aromatic carbocycles. The Morgan fingerprint density at radius 1 is 1.29 bits per heavy atom. The van der Waals surface area contributed by atoms with E-state index in [0.717, 1.165) is 49.9 Å². The number of piperidine rings is 1. The highest BCUT2D eigenvalue weighted by Gasteiger charge is 2.24. The van der Waals surface area contributed by atoms with Gasteiger partial charge in [0.25, 0.3) is 0 Å². The third kappa shape index (κ3) is 6.42. The lowest BCUT2D eigenvalue weighted by molar-refractivity contribution is 0.158. The number of thiazole rings is 1. The SMILES string of the molecule is CCc1cnc(CNC(=NC)NC2CCN(C(C)c3ccccc3)CC2)s1.I. The average Bonchev–Trinajstić information content (AvgIpc) is 3.20. The van der Waals surface area contributed by atoms with E-state index in [2.05, 4.69) is 69.7 Å². The monoisotopic (exact) mass is 513 g/mol. The molecule has 2 heterocycles. The largest absolute Gasteiger partial charge is 0.354 e. The molecule has 1 saturated heterocycles. The second kappa shape index (κ2) is 11.7. The molecule has 5 nitrogen and oxygen atoms in total. The van der Waals surface area contributed by atoms with Crippen LogP contribution in [0.2, 0.25) is 0 Å². The molecule has 0 bridgehead atoms. The normalized spacial score (nSPS) is 17.0. The first kappa shape index (κ1) is 23.1. The van der Waals surface area contributed by atoms with Crippen molar-refractivity contribution in [3.05, 3.63) is 52.0 Å². The van der Waals surface area contributed by atoms with Gasteiger partial charge in [-0.2, -0.15) is 0 Å². The van der Waals surface area contributed by atoms with Gasteiger partial charge in [-0.25, -0.2) is 4.98 Å². The molecule has 0 amide bonds. The van der Waals surface area contributed by atoms with Crippen LogP contribution in [0.15, 0.2) is 41.5 Å². The van der Waals surface area contributed by atoms with Crippen LogP contribution in [0.4, 0.5) is 0 Å². The van der Waals surface area contributed by atoms with E-state index < -0.39 is 0 Å². The van der Waals surface area contributed by atoms with Gasteiger partial charge in [-0.05, 0) is 31.7 Å². The third-order valence-electron chi connectivity index (χ3n) is 5.28. The van der Waals surface area contributed by atoms with Crippen molar-refractivity contribution in [1.82, 2.24) is 20.5 Å². The molecule has 7 heteroatoms. The molecule has 0 saturated carbocycles. The van der Waals surface area contributed by atoms with Gasteiger partial charge in [0.05, 0.1) is 6.54 Å². The fourth-order valence-corrected chi connectivity index (χ4v) is 4.32. The second-order valence-corrected chi connectivity index (χ2v) is 8.24. The third-order valence-corrected chi connectivity index (χ3v) is 6.42. The predicted octanol–water partition coefficient (Wildman–Crippen LogP) is 4.21. The highest BCUT2D eigenvalue weighted by molar-refractivity contribution is 14.0. The first-order valence-corrected chi connectivity index (χ1v) is 10.7.